The Morgan fingerprint density at radius 2 is 1.66 bits per heavy atom. The van der Waals surface area contributed by atoms with E-state index in [-0.39, 0.29) is 17.7 Å². The molecule has 2 atom stereocenters. The number of hydrogen-bond donors (Lipinski definition) is 3. The van der Waals surface area contributed by atoms with Gasteiger partial charge in [0.1, 0.15) is 6.04 Å². The molecule has 2 aromatic carbocycles. The Bertz CT molecular complexity index is 1330. The molecule has 5 rings (SSSR count). The van der Waals surface area contributed by atoms with Gasteiger partial charge in [0, 0.05) is 48.7 Å². The van der Waals surface area contributed by atoms with Gasteiger partial charge in [-0.1, -0.05) is 43.7 Å². The van der Waals surface area contributed by atoms with Crippen LogP contribution < -0.4 is 10.6 Å². The number of benzene rings is 2. The number of rotatable bonds is 9. The van der Waals surface area contributed by atoms with Crippen LogP contribution in [0.5, 0.6) is 0 Å². The SMILES string of the molecule is Cc1cc(CNC(=O)C(NC(=O)CN2CCC(N3CCCCC3)CC2)C(C)c2c[nH]c3ccccc23)cc(C)c1C. The normalized spacial score (nSPS) is 18.7. The lowest BCUT2D eigenvalue weighted by Gasteiger charge is -2.40. The maximum Gasteiger partial charge on any atom is 0.243 e. The van der Waals surface area contributed by atoms with E-state index in [1.54, 1.807) is 0 Å². The van der Waals surface area contributed by atoms with Crippen molar-refractivity contribution in [1.82, 2.24) is 25.4 Å². The second-order valence-electron chi connectivity index (χ2n) is 12.3. The highest BCUT2D eigenvalue weighted by Gasteiger charge is 2.31. The first-order chi connectivity index (χ1) is 19.8. The molecule has 3 heterocycles. The molecule has 0 bridgehead atoms. The fraction of sp³-hybridized carbons (Fsp3) is 0.529. The summed E-state index contributed by atoms with van der Waals surface area (Å²) in [6, 6.07) is 12.3. The average Bonchev–Trinajstić information content (AvgIpc) is 3.42. The van der Waals surface area contributed by atoms with Gasteiger partial charge in [-0.05, 0) is 93.4 Å². The van der Waals surface area contributed by atoms with Gasteiger partial charge in [0.05, 0.1) is 6.54 Å². The van der Waals surface area contributed by atoms with Gasteiger partial charge < -0.3 is 20.5 Å². The van der Waals surface area contributed by atoms with Crippen LogP contribution in [-0.4, -0.2) is 71.4 Å². The van der Waals surface area contributed by atoms with E-state index in [9.17, 15) is 9.59 Å². The zero-order valence-electron chi connectivity index (χ0n) is 25.3. The Balaban J connectivity index is 1.25. The lowest BCUT2D eigenvalue weighted by molar-refractivity contribution is -0.130. The van der Waals surface area contributed by atoms with Gasteiger partial charge in [-0.15, -0.1) is 0 Å². The number of likely N-dealkylation sites (tertiary alicyclic amines) is 2. The molecular formula is C34H47N5O2. The highest BCUT2D eigenvalue weighted by molar-refractivity contribution is 5.91. The Hall–Kier alpha value is -3.16. The van der Waals surface area contributed by atoms with Crippen molar-refractivity contribution in [1.29, 1.82) is 0 Å². The zero-order chi connectivity index (χ0) is 28.9. The molecule has 0 spiro atoms. The van der Waals surface area contributed by atoms with E-state index >= 15 is 0 Å². The number of aromatic nitrogens is 1. The van der Waals surface area contributed by atoms with Crippen LogP contribution in [-0.2, 0) is 16.1 Å². The van der Waals surface area contributed by atoms with Crippen LogP contribution in [0, 0.1) is 20.8 Å². The van der Waals surface area contributed by atoms with Crippen molar-refractivity contribution < 1.29 is 9.59 Å². The van der Waals surface area contributed by atoms with Crippen molar-refractivity contribution >= 4 is 22.7 Å². The predicted molar refractivity (Wildman–Crippen MR) is 166 cm³/mol. The molecule has 2 fully saturated rings. The molecule has 2 aliphatic heterocycles. The number of aromatic amines is 1. The first-order valence-corrected chi connectivity index (χ1v) is 15.5. The van der Waals surface area contributed by atoms with E-state index in [4.69, 9.17) is 0 Å². The molecule has 2 unspecified atom stereocenters. The van der Waals surface area contributed by atoms with Crippen molar-refractivity contribution in [2.75, 3.05) is 32.7 Å². The Labute approximate surface area is 245 Å². The van der Waals surface area contributed by atoms with E-state index in [1.807, 2.05) is 31.3 Å². The molecule has 2 aliphatic rings. The van der Waals surface area contributed by atoms with E-state index in [1.165, 1.54) is 49.0 Å². The summed E-state index contributed by atoms with van der Waals surface area (Å²) in [4.78, 5) is 35.3. The van der Waals surface area contributed by atoms with Gasteiger partial charge in [-0.2, -0.15) is 0 Å². The number of aryl methyl sites for hydroxylation is 2. The van der Waals surface area contributed by atoms with Crippen LogP contribution in [0.2, 0.25) is 0 Å². The van der Waals surface area contributed by atoms with Gasteiger partial charge in [0.15, 0.2) is 0 Å². The maximum atomic E-state index is 13.7. The standard InChI is InChI=1S/C34H47N5O2/c1-23-18-27(19-24(2)25(23)3)20-36-34(41)33(26(4)30-21-35-31-11-7-6-10-29(30)31)37-32(40)22-38-16-12-28(13-17-38)39-14-8-5-9-15-39/h6-7,10-11,18-19,21,26,28,33,35H,5,8-9,12-17,20,22H2,1-4H3,(H,36,41)(H,37,40). The van der Waals surface area contributed by atoms with Crippen LogP contribution in [0.3, 0.4) is 0 Å². The third kappa shape index (κ3) is 7.02. The quantitative estimate of drug-likeness (QED) is 0.348. The first-order valence-electron chi connectivity index (χ1n) is 15.5. The van der Waals surface area contributed by atoms with Crippen LogP contribution in [0.15, 0.2) is 42.6 Å². The topological polar surface area (TPSA) is 80.5 Å². The number of carbonyl (C=O) groups is 2. The summed E-state index contributed by atoms with van der Waals surface area (Å²) in [6.07, 6.45) is 8.16. The summed E-state index contributed by atoms with van der Waals surface area (Å²) in [5, 5.41) is 7.35. The Morgan fingerprint density at radius 3 is 2.37 bits per heavy atom. The van der Waals surface area contributed by atoms with Gasteiger partial charge in [0.25, 0.3) is 0 Å². The fourth-order valence-corrected chi connectivity index (χ4v) is 6.74. The van der Waals surface area contributed by atoms with Crippen LogP contribution in [0.1, 0.15) is 72.8 Å². The Kier molecular flexibility index (Phi) is 9.46. The summed E-state index contributed by atoms with van der Waals surface area (Å²) in [5.74, 6) is -0.451. The summed E-state index contributed by atoms with van der Waals surface area (Å²) in [7, 11) is 0. The molecular weight excluding hydrogens is 510 g/mol. The fourth-order valence-electron chi connectivity index (χ4n) is 6.74. The van der Waals surface area contributed by atoms with E-state index in [0.717, 1.165) is 48.0 Å². The van der Waals surface area contributed by atoms with E-state index < -0.39 is 6.04 Å². The minimum Gasteiger partial charge on any atom is -0.361 e. The molecule has 0 saturated carbocycles. The van der Waals surface area contributed by atoms with Gasteiger partial charge in [-0.25, -0.2) is 0 Å². The lowest BCUT2D eigenvalue weighted by atomic mass is 9.92. The van der Waals surface area contributed by atoms with Gasteiger partial charge in [-0.3, -0.25) is 14.5 Å². The summed E-state index contributed by atoms with van der Waals surface area (Å²) in [6.45, 7) is 13.4. The average molecular weight is 558 g/mol. The molecule has 220 valence electrons. The van der Waals surface area contributed by atoms with Crippen molar-refractivity contribution in [3.05, 3.63) is 70.4 Å². The van der Waals surface area contributed by atoms with Crippen molar-refractivity contribution in [2.24, 2.45) is 0 Å². The second-order valence-corrected chi connectivity index (χ2v) is 12.3. The number of amides is 2. The lowest BCUT2D eigenvalue weighted by Crippen LogP contribution is -2.53. The van der Waals surface area contributed by atoms with Crippen LogP contribution in [0.4, 0.5) is 0 Å². The highest BCUT2D eigenvalue weighted by Crippen LogP contribution is 2.28. The monoisotopic (exact) mass is 557 g/mol. The minimum atomic E-state index is -0.680. The summed E-state index contributed by atoms with van der Waals surface area (Å²) < 4.78 is 0. The number of para-hydroxylation sites is 1. The molecule has 41 heavy (non-hydrogen) atoms. The Morgan fingerprint density at radius 1 is 0.976 bits per heavy atom. The number of nitrogens with one attached hydrogen (secondary N) is 3. The molecule has 0 aliphatic carbocycles. The summed E-state index contributed by atoms with van der Waals surface area (Å²) >= 11 is 0. The molecule has 7 nitrogen and oxygen atoms in total. The molecule has 2 saturated heterocycles. The van der Waals surface area contributed by atoms with Gasteiger partial charge in [0.2, 0.25) is 11.8 Å². The number of piperidine rings is 2. The maximum absolute atomic E-state index is 13.7. The molecule has 2 amide bonds. The largest absolute Gasteiger partial charge is 0.361 e. The minimum absolute atomic E-state index is 0.0877. The van der Waals surface area contributed by atoms with E-state index in [0.29, 0.717) is 19.1 Å². The molecule has 7 heteroatoms. The van der Waals surface area contributed by atoms with Crippen LogP contribution in [0.25, 0.3) is 10.9 Å². The third-order valence-corrected chi connectivity index (χ3v) is 9.50. The van der Waals surface area contributed by atoms with Gasteiger partial charge >= 0.3 is 0 Å². The number of nitrogens with zero attached hydrogens (tertiary/aromatic N) is 2. The molecule has 3 N–H and O–H groups in total. The molecule has 1 aromatic heterocycles. The number of hydrogen-bond acceptors (Lipinski definition) is 4. The van der Waals surface area contributed by atoms with Crippen molar-refractivity contribution in [3.63, 3.8) is 0 Å². The predicted octanol–water partition coefficient (Wildman–Crippen LogP) is 4.95. The highest BCUT2D eigenvalue weighted by atomic mass is 16.2. The first kappa shape index (κ1) is 29.3. The third-order valence-electron chi connectivity index (χ3n) is 9.50. The number of carbonyl (C=O) groups excluding carboxylic acids is 2. The van der Waals surface area contributed by atoms with E-state index in [2.05, 4.69) is 64.4 Å². The van der Waals surface area contributed by atoms with Crippen molar-refractivity contribution in [3.8, 4) is 0 Å². The molecule has 0 radical (unpaired) electrons. The zero-order valence-corrected chi connectivity index (χ0v) is 25.3. The van der Waals surface area contributed by atoms with Crippen molar-refractivity contribution in [2.45, 2.75) is 84.3 Å². The number of H-pyrrole nitrogens is 1. The number of fused-ring (bicyclic) bond motifs is 1. The second kappa shape index (κ2) is 13.2. The van der Waals surface area contributed by atoms with Crippen LogP contribution >= 0.6 is 0 Å². The summed E-state index contributed by atoms with van der Waals surface area (Å²) in [5.41, 5.74) is 6.84. The smallest absolute Gasteiger partial charge is 0.243 e. The molecule has 3 aromatic rings.